The van der Waals surface area contributed by atoms with Crippen LogP contribution in [0.25, 0.3) is 10.9 Å². The molecule has 2 heterocycles. The molecule has 1 aromatic heterocycles. The number of guanidine groups is 1. The number of pyridine rings is 1. The van der Waals surface area contributed by atoms with Crippen molar-refractivity contribution in [1.82, 2.24) is 15.6 Å². The van der Waals surface area contributed by atoms with E-state index in [1.54, 1.807) is 7.05 Å². The molecule has 27 heavy (non-hydrogen) atoms. The molecule has 1 aliphatic heterocycles. The maximum Gasteiger partial charge on any atom is 0.231 e. The highest BCUT2D eigenvalue weighted by Gasteiger charge is 2.13. The van der Waals surface area contributed by atoms with E-state index >= 15 is 0 Å². The van der Waals surface area contributed by atoms with Crippen molar-refractivity contribution < 1.29 is 9.47 Å². The predicted molar refractivity (Wildman–Crippen MR) is 106 cm³/mol. The molecule has 0 radical (unpaired) electrons. The van der Waals surface area contributed by atoms with Gasteiger partial charge in [0.2, 0.25) is 6.79 Å². The van der Waals surface area contributed by atoms with Crippen LogP contribution in [-0.4, -0.2) is 31.3 Å². The van der Waals surface area contributed by atoms with Gasteiger partial charge >= 0.3 is 0 Å². The maximum absolute atomic E-state index is 5.43. The first kappa shape index (κ1) is 17.1. The van der Waals surface area contributed by atoms with Gasteiger partial charge in [-0.3, -0.25) is 9.98 Å². The lowest BCUT2D eigenvalue weighted by molar-refractivity contribution is 0.174. The Morgan fingerprint density at radius 1 is 1.07 bits per heavy atom. The van der Waals surface area contributed by atoms with Crippen LogP contribution in [0, 0.1) is 0 Å². The Morgan fingerprint density at radius 2 is 1.96 bits per heavy atom. The van der Waals surface area contributed by atoms with Crippen LogP contribution >= 0.6 is 0 Å². The molecular formula is C21H22N4O2. The summed E-state index contributed by atoms with van der Waals surface area (Å²) in [6.45, 7) is 1.74. The number of benzene rings is 2. The number of hydrogen-bond donors (Lipinski definition) is 2. The summed E-state index contributed by atoms with van der Waals surface area (Å²) in [7, 11) is 1.78. The first-order valence-corrected chi connectivity index (χ1v) is 8.99. The van der Waals surface area contributed by atoms with E-state index in [0.29, 0.717) is 13.3 Å². The van der Waals surface area contributed by atoms with E-state index in [0.717, 1.165) is 46.9 Å². The van der Waals surface area contributed by atoms with Gasteiger partial charge in [-0.25, -0.2) is 0 Å². The Hall–Kier alpha value is -3.28. The first-order valence-electron chi connectivity index (χ1n) is 8.99. The monoisotopic (exact) mass is 362 g/mol. The molecule has 2 N–H and O–H groups in total. The second-order valence-electron chi connectivity index (χ2n) is 6.28. The summed E-state index contributed by atoms with van der Waals surface area (Å²) in [6, 6.07) is 16.3. The molecule has 3 aromatic rings. The zero-order valence-electron chi connectivity index (χ0n) is 15.2. The van der Waals surface area contributed by atoms with E-state index in [-0.39, 0.29) is 0 Å². The third-order valence-electron chi connectivity index (χ3n) is 4.53. The van der Waals surface area contributed by atoms with Crippen LogP contribution in [0.3, 0.4) is 0 Å². The molecule has 0 fully saturated rings. The van der Waals surface area contributed by atoms with Crippen molar-refractivity contribution >= 4 is 16.9 Å². The number of rotatable bonds is 5. The van der Waals surface area contributed by atoms with Gasteiger partial charge in [0.25, 0.3) is 0 Å². The third-order valence-corrected chi connectivity index (χ3v) is 4.53. The highest BCUT2D eigenvalue weighted by molar-refractivity contribution is 5.83. The highest BCUT2D eigenvalue weighted by Crippen LogP contribution is 2.32. The van der Waals surface area contributed by atoms with Crippen molar-refractivity contribution in [3.63, 3.8) is 0 Å². The van der Waals surface area contributed by atoms with E-state index in [1.807, 2.05) is 24.4 Å². The minimum Gasteiger partial charge on any atom is -0.454 e. The zero-order valence-corrected chi connectivity index (χ0v) is 15.2. The number of hydrogen-bond acceptors (Lipinski definition) is 4. The topological polar surface area (TPSA) is 67.8 Å². The lowest BCUT2D eigenvalue weighted by Gasteiger charge is -2.13. The average molecular weight is 362 g/mol. The van der Waals surface area contributed by atoms with Crippen molar-refractivity contribution in [3.05, 3.63) is 65.9 Å². The van der Waals surface area contributed by atoms with Gasteiger partial charge in [-0.15, -0.1) is 0 Å². The first-order chi connectivity index (χ1) is 13.3. The fraction of sp³-hybridized carbons (Fsp3) is 0.238. The van der Waals surface area contributed by atoms with Crippen LogP contribution in [-0.2, 0) is 13.0 Å². The number of para-hydroxylation sites is 1. The molecule has 4 rings (SSSR count). The van der Waals surface area contributed by atoms with Gasteiger partial charge in [0.1, 0.15) is 0 Å². The van der Waals surface area contributed by atoms with E-state index < -0.39 is 0 Å². The number of fused-ring (bicyclic) bond motifs is 2. The molecule has 0 aliphatic carbocycles. The number of nitrogens with one attached hydrogen (secondary N) is 2. The molecule has 0 amide bonds. The van der Waals surface area contributed by atoms with E-state index in [1.165, 1.54) is 5.56 Å². The van der Waals surface area contributed by atoms with E-state index in [9.17, 15) is 0 Å². The second kappa shape index (κ2) is 7.95. The van der Waals surface area contributed by atoms with Crippen LogP contribution in [0.2, 0.25) is 0 Å². The van der Waals surface area contributed by atoms with Crippen molar-refractivity contribution in [2.75, 3.05) is 20.4 Å². The molecule has 0 saturated carbocycles. The summed E-state index contributed by atoms with van der Waals surface area (Å²) in [5, 5.41) is 7.85. The summed E-state index contributed by atoms with van der Waals surface area (Å²) in [5.74, 6) is 2.40. The number of aromatic nitrogens is 1. The number of aliphatic imine (C=N–C) groups is 1. The Balaban J connectivity index is 1.32. The van der Waals surface area contributed by atoms with Gasteiger partial charge in [0.05, 0.1) is 5.52 Å². The van der Waals surface area contributed by atoms with Crippen molar-refractivity contribution in [2.45, 2.75) is 13.0 Å². The molecule has 138 valence electrons. The standard InChI is InChI=1S/C21H22N4O2/c1-22-21(24-11-9-15-7-8-18-19(12-15)27-14-26-18)25-13-17-5-2-4-16-6-3-10-23-20(16)17/h2-8,10,12H,9,11,13-14H2,1H3,(H2,22,24,25). The Morgan fingerprint density at radius 3 is 2.89 bits per heavy atom. The molecule has 2 aromatic carbocycles. The summed E-state index contributed by atoms with van der Waals surface area (Å²) in [4.78, 5) is 8.79. The van der Waals surface area contributed by atoms with Crippen LogP contribution in [0.5, 0.6) is 11.5 Å². The Bertz CT molecular complexity index is 966. The highest BCUT2D eigenvalue weighted by atomic mass is 16.7. The van der Waals surface area contributed by atoms with Crippen LogP contribution in [0.4, 0.5) is 0 Å². The molecule has 0 saturated heterocycles. The van der Waals surface area contributed by atoms with Crippen LogP contribution < -0.4 is 20.1 Å². The molecular weight excluding hydrogens is 340 g/mol. The molecule has 6 nitrogen and oxygen atoms in total. The van der Waals surface area contributed by atoms with Gasteiger partial charge in [-0.2, -0.15) is 0 Å². The lowest BCUT2D eigenvalue weighted by atomic mass is 10.1. The molecule has 0 spiro atoms. The quantitative estimate of drug-likeness (QED) is 0.540. The lowest BCUT2D eigenvalue weighted by Crippen LogP contribution is -2.37. The van der Waals surface area contributed by atoms with Crippen molar-refractivity contribution in [2.24, 2.45) is 4.99 Å². The Kier molecular flexibility index (Phi) is 5.05. The maximum atomic E-state index is 5.43. The minimum atomic E-state index is 0.302. The summed E-state index contributed by atoms with van der Waals surface area (Å²) < 4.78 is 10.8. The van der Waals surface area contributed by atoms with Crippen LogP contribution in [0.15, 0.2) is 59.7 Å². The van der Waals surface area contributed by atoms with Gasteiger partial charge in [-0.1, -0.05) is 30.3 Å². The van der Waals surface area contributed by atoms with Crippen molar-refractivity contribution in [3.8, 4) is 11.5 Å². The fourth-order valence-electron chi connectivity index (χ4n) is 3.13. The molecule has 0 atom stereocenters. The normalized spacial score (nSPS) is 13.0. The zero-order chi connectivity index (χ0) is 18.5. The smallest absolute Gasteiger partial charge is 0.231 e. The SMILES string of the molecule is CN=C(NCCc1ccc2c(c1)OCO2)NCc1cccc2cccnc12. The van der Waals surface area contributed by atoms with Gasteiger partial charge in [0.15, 0.2) is 17.5 Å². The van der Waals surface area contributed by atoms with Crippen molar-refractivity contribution in [1.29, 1.82) is 0 Å². The summed E-state index contributed by atoms with van der Waals surface area (Å²) in [6.07, 6.45) is 2.69. The number of ether oxygens (including phenoxy) is 2. The second-order valence-corrected chi connectivity index (χ2v) is 6.28. The van der Waals surface area contributed by atoms with Crippen LogP contribution in [0.1, 0.15) is 11.1 Å². The molecule has 0 unspecified atom stereocenters. The molecule has 6 heteroatoms. The average Bonchev–Trinajstić information content (AvgIpc) is 3.18. The van der Waals surface area contributed by atoms with E-state index in [4.69, 9.17) is 9.47 Å². The molecule has 0 bridgehead atoms. The number of nitrogens with zero attached hydrogens (tertiary/aromatic N) is 2. The van der Waals surface area contributed by atoms with Gasteiger partial charge in [-0.05, 0) is 35.7 Å². The predicted octanol–water partition coefficient (Wildman–Crippen LogP) is 2.87. The fourth-order valence-corrected chi connectivity index (χ4v) is 3.13. The van der Waals surface area contributed by atoms with Gasteiger partial charge < -0.3 is 20.1 Å². The Labute approximate surface area is 158 Å². The van der Waals surface area contributed by atoms with E-state index in [2.05, 4.69) is 50.9 Å². The summed E-state index contributed by atoms with van der Waals surface area (Å²) in [5.41, 5.74) is 3.36. The summed E-state index contributed by atoms with van der Waals surface area (Å²) >= 11 is 0. The third kappa shape index (κ3) is 3.95. The minimum absolute atomic E-state index is 0.302. The van der Waals surface area contributed by atoms with Gasteiger partial charge in [0, 0.05) is 31.7 Å². The largest absolute Gasteiger partial charge is 0.454 e. The molecule has 1 aliphatic rings.